The van der Waals surface area contributed by atoms with E-state index in [2.05, 4.69) is 29.0 Å². The van der Waals surface area contributed by atoms with Crippen molar-refractivity contribution >= 4 is 0 Å². The third kappa shape index (κ3) is 13.3. The van der Waals surface area contributed by atoms with Gasteiger partial charge in [0.25, 0.3) is 0 Å². The molecule has 0 radical (unpaired) electrons. The summed E-state index contributed by atoms with van der Waals surface area (Å²) in [5.41, 5.74) is 1.13. The van der Waals surface area contributed by atoms with Gasteiger partial charge in [-0.1, -0.05) is 76.9 Å². The van der Waals surface area contributed by atoms with Crippen molar-refractivity contribution in [1.29, 1.82) is 0 Å². The van der Waals surface area contributed by atoms with E-state index in [0.29, 0.717) is 0 Å². The Hall–Kier alpha value is -1.18. The van der Waals surface area contributed by atoms with Crippen LogP contribution in [-0.2, 0) is 6.42 Å². The summed E-state index contributed by atoms with van der Waals surface area (Å²) in [5, 5.41) is 0. The molecule has 0 saturated heterocycles. The maximum Gasteiger partial charge on any atom is 0.0586 e. The van der Waals surface area contributed by atoms with Gasteiger partial charge < -0.3 is 0 Å². The van der Waals surface area contributed by atoms with Crippen LogP contribution in [0.2, 0.25) is 0 Å². The van der Waals surface area contributed by atoms with Gasteiger partial charge >= 0.3 is 0 Å². The van der Waals surface area contributed by atoms with Gasteiger partial charge in [0.05, 0.1) is 5.69 Å². The fourth-order valence-electron chi connectivity index (χ4n) is 3.01. The molecule has 1 aromatic rings. The Morgan fingerprint density at radius 2 is 1.29 bits per heavy atom. The van der Waals surface area contributed by atoms with E-state index in [1.54, 1.807) is 12.4 Å². The highest BCUT2D eigenvalue weighted by molar-refractivity contribution is 4.94. The van der Waals surface area contributed by atoms with Gasteiger partial charge in [0.2, 0.25) is 0 Å². The monoisotopic (exact) mass is 330 g/mol. The van der Waals surface area contributed by atoms with Crippen molar-refractivity contribution in [3.8, 4) is 0 Å². The lowest BCUT2D eigenvalue weighted by atomic mass is 10.1. The molecule has 2 heteroatoms. The lowest BCUT2D eigenvalue weighted by molar-refractivity contribution is 0.593. The van der Waals surface area contributed by atoms with Crippen LogP contribution in [0.3, 0.4) is 0 Å². The highest BCUT2D eigenvalue weighted by Gasteiger charge is 1.95. The molecule has 2 nitrogen and oxygen atoms in total. The zero-order chi connectivity index (χ0) is 17.1. The van der Waals surface area contributed by atoms with Crippen LogP contribution in [0.25, 0.3) is 0 Å². The Balaban J connectivity index is 1.76. The number of unbranched alkanes of at least 4 members (excludes halogenated alkanes) is 12. The number of hydrogen-bond donors (Lipinski definition) is 0. The van der Waals surface area contributed by atoms with Gasteiger partial charge in [0.15, 0.2) is 0 Å². The van der Waals surface area contributed by atoms with Crippen LogP contribution in [-0.4, -0.2) is 9.97 Å². The fourth-order valence-corrected chi connectivity index (χ4v) is 3.01. The summed E-state index contributed by atoms with van der Waals surface area (Å²) < 4.78 is 0. The van der Waals surface area contributed by atoms with E-state index in [1.165, 1.54) is 89.9 Å². The zero-order valence-corrected chi connectivity index (χ0v) is 15.9. The van der Waals surface area contributed by atoms with E-state index >= 15 is 0 Å². The van der Waals surface area contributed by atoms with Gasteiger partial charge in [-0.25, -0.2) is 0 Å². The van der Waals surface area contributed by atoms with Crippen LogP contribution in [0.4, 0.5) is 0 Å². The van der Waals surface area contributed by atoms with E-state index in [0.717, 1.165) is 12.1 Å². The molecule has 0 fully saturated rings. The smallest absolute Gasteiger partial charge is 0.0586 e. The van der Waals surface area contributed by atoms with Crippen molar-refractivity contribution in [1.82, 2.24) is 9.97 Å². The van der Waals surface area contributed by atoms with Crippen LogP contribution in [0.1, 0.15) is 103 Å². The van der Waals surface area contributed by atoms with Crippen molar-refractivity contribution in [2.24, 2.45) is 0 Å². The van der Waals surface area contributed by atoms with E-state index in [-0.39, 0.29) is 0 Å². The predicted octanol–water partition coefficient (Wildman–Crippen LogP) is 7.06. The Labute approximate surface area is 150 Å². The molecule has 0 aromatic carbocycles. The van der Waals surface area contributed by atoms with E-state index < -0.39 is 0 Å². The predicted molar refractivity (Wildman–Crippen MR) is 105 cm³/mol. The molecular weight excluding hydrogens is 292 g/mol. The number of aryl methyl sites for hydroxylation is 1. The summed E-state index contributed by atoms with van der Waals surface area (Å²) in [6, 6.07) is 0. The van der Waals surface area contributed by atoms with E-state index in [4.69, 9.17) is 0 Å². The van der Waals surface area contributed by atoms with Crippen LogP contribution in [0, 0.1) is 0 Å². The average Bonchev–Trinajstić information content (AvgIpc) is 2.62. The van der Waals surface area contributed by atoms with Gasteiger partial charge in [-0.05, 0) is 38.5 Å². The largest absolute Gasteiger partial charge is 0.261 e. The molecule has 136 valence electrons. The summed E-state index contributed by atoms with van der Waals surface area (Å²) in [5.74, 6) is 0. The number of allylic oxidation sites excluding steroid dienone is 2. The Bertz CT molecular complexity index is 386. The highest BCUT2D eigenvalue weighted by Crippen LogP contribution is 2.10. The first-order chi connectivity index (χ1) is 11.9. The topological polar surface area (TPSA) is 25.8 Å². The molecule has 0 aliphatic carbocycles. The number of nitrogens with zero attached hydrogens (tertiary/aromatic N) is 2. The third-order valence-electron chi connectivity index (χ3n) is 4.56. The molecule has 0 N–H and O–H groups in total. The van der Waals surface area contributed by atoms with Crippen molar-refractivity contribution < 1.29 is 0 Å². The number of hydrogen-bond acceptors (Lipinski definition) is 2. The van der Waals surface area contributed by atoms with Gasteiger partial charge in [-0.2, -0.15) is 0 Å². The van der Waals surface area contributed by atoms with Crippen molar-refractivity contribution in [3.63, 3.8) is 0 Å². The molecule has 0 amide bonds. The fraction of sp³-hybridized carbons (Fsp3) is 0.727. The summed E-state index contributed by atoms with van der Waals surface area (Å²) in [6.45, 7) is 2.28. The first-order valence-electron chi connectivity index (χ1n) is 10.3. The van der Waals surface area contributed by atoms with Crippen LogP contribution >= 0.6 is 0 Å². The normalized spacial score (nSPS) is 11.4. The standard InChI is InChI=1S/C22H38N2/c1-2-3-4-5-6-7-8-9-10-11-12-13-14-15-16-17-18-22-21-23-19-20-24-22/h9-10,19-21H,2-8,11-18H2,1H3/b10-9-. The van der Waals surface area contributed by atoms with Crippen LogP contribution in [0.15, 0.2) is 30.7 Å². The molecule has 1 rings (SSSR count). The lowest BCUT2D eigenvalue weighted by Crippen LogP contribution is -1.90. The molecule has 0 saturated carbocycles. The average molecular weight is 331 g/mol. The number of aromatic nitrogens is 2. The minimum absolute atomic E-state index is 1.08. The molecule has 0 spiro atoms. The minimum Gasteiger partial charge on any atom is -0.261 e. The number of rotatable bonds is 16. The Morgan fingerprint density at radius 1 is 0.708 bits per heavy atom. The molecule has 1 heterocycles. The first kappa shape index (κ1) is 20.9. The maximum absolute atomic E-state index is 4.32. The second-order valence-electron chi connectivity index (χ2n) is 6.88. The zero-order valence-electron chi connectivity index (χ0n) is 15.9. The summed E-state index contributed by atoms with van der Waals surface area (Å²) in [4.78, 5) is 8.42. The molecule has 0 atom stereocenters. The molecule has 24 heavy (non-hydrogen) atoms. The van der Waals surface area contributed by atoms with Gasteiger partial charge in [0.1, 0.15) is 0 Å². The summed E-state index contributed by atoms with van der Waals surface area (Å²) in [7, 11) is 0. The van der Waals surface area contributed by atoms with E-state index in [9.17, 15) is 0 Å². The van der Waals surface area contributed by atoms with Crippen LogP contribution in [0.5, 0.6) is 0 Å². The van der Waals surface area contributed by atoms with Gasteiger partial charge in [0, 0.05) is 18.6 Å². The third-order valence-corrected chi connectivity index (χ3v) is 4.56. The summed E-state index contributed by atoms with van der Waals surface area (Å²) in [6.07, 6.45) is 30.3. The van der Waals surface area contributed by atoms with Gasteiger partial charge in [-0.15, -0.1) is 0 Å². The Morgan fingerprint density at radius 3 is 1.88 bits per heavy atom. The SMILES string of the molecule is CCCCCCCC/C=C\CCCCCCCCc1cnccn1. The molecular formula is C22H38N2. The Kier molecular flexibility index (Phi) is 14.5. The summed E-state index contributed by atoms with van der Waals surface area (Å²) >= 11 is 0. The van der Waals surface area contributed by atoms with E-state index in [1.807, 2.05) is 6.20 Å². The van der Waals surface area contributed by atoms with Crippen LogP contribution < -0.4 is 0 Å². The second kappa shape index (κ2) is 16.7. The quantitative estimate of drug-likeness (QED) is 0.239. The molecule has 0 bridgehead atoms. The maximum atomic E-state index is 4.32. The molecule has 1 aromatic heterocycles. The van der Waals surface area contributed by atoms with Gasteiger partial charge in [-0.3, -0.25) is 9.97 Å². The van der Waals surface area contributed by atoms with Crippen molar-refractivity contribution in [2.75, 3.05) is 0 Å². The minimum atomic E-state index is 1.08. The second-order valence-corrected chi connectivity index (χ2v) is 6.88. The lowest BCUT2D eigenvalue weighted by Gasteiger charge is -2.01. The van der Waals surface area contributed by atoms with Crippen molar-refractivity contribution in [3.05, 3.63) is 36.4 Å². The molecule has 0 unspecified atom stereocenters. The highest BCUT2D eigenvalue weighted by atomic mass is 14.8. The molecule has 0 aliphatic rings. The molecule has 0 aliphatic heterocycles. The first-order valence-corrected chi connectivity index (χ1v) is 10.3. The van der Waals surface area contributed by atoms with Crippen molar-refractivity contribution in [2.45, 2.75) is 103 Å².